The van der Waals surface area contributed by atoms with E-state index in [0.29, 0.717) is 5.69 Å². The third-order valence-electron chi connectivity index (χ3n) is 2.58. The van der Waals surface area contributed by atoms with Gasteiger partial charge in [-0.1, -0.05) is 19.4 Å². The Morgan fingerprint density at radius 1 is 1.35 bits per heavy atom. The lowest BCUT2D eigenvalue weighted by atomic mass is 10.2. The molecule has 2 heterocycles. The average molecular weight is 230 g/mol. The maximum atomic E-state index is 12.0. The molecule has 4 heteroatoms. The Hall–Kier alpha value is -1.97. The van der Waals surface area contributed by atoms with Gasteiger partial charge in [0.05, 0.1) is 6.20 Å². The van der Waals surface area contributed by atoms with E-state index in [4.69, 9.17) is 0 Å². The fraction of sp³-hybridized carbons (Fsp3) is 0.308. The van der Waals surface area contributed by atoms with Crippen molar-refractivity contribution in [3.8, 4) is 0 Å². The number of aromatic amines is 1. The van der Waals surface area contributed by atoms with Crippen LogP contribution in [0.1, 0.15) is 36.1 Å². The highest BCUT2D eigenvalue weighted by Gasteiger charge is 2.18. The number of imidazole rings is 1. The zero-order chi connectivity index (χ0) is 12.1. The molecule has 88 valence electrons. The number of pyridine rings is 1. The maximum Gasteiger partial charge on any atom is 0.442 e. The van der Waals surface area contributed by atoms with Crippen LogP contribution in [0.4, 0.5) is 0 Å². The summed E-state index contributed by atoms with van der Waals surface area (Å²) in [6.07, 6.45) is 8.16. The molecule has 17 heavy (non-hydrogen) atoms. The molecular weight excluding hydrogens is 214 g/mol. The summed E-state index contributed by atoms with van der Waals surface area (Å²) in [5, 5.41) is 0. The van der Waals surface area contributed by atoms with Crippen molar-refractivity contribution in [2.24, 2.45) is 0 Å². The molecule has 0 unspecified atom stereocenters. The number of hydrogen-bond acceptors (Lipinski definition) is 2. The summed E-state index contributed by atoms with van der Waals surface area (Å²) in [4.78, 5) is 19.3. The lowest BCUT2D eigenvalue weighted by Gasteiger charge is -1.93. The van der Waals surface area contributed by atoms with Crippen LogP contribution in [0, 0.1) is 0 Å². The van der Waals surface area contributed by atoms with Gasteiger partial charge >= 0.3 is 5.91 Å². The van der Waals surface area contributed by atoms with Gasteiger partial charge in [0.25, 0.3) is 0 Å². The van der Waals surface area contributed by atoms with Gasteiger partial charge in [-0.15, -0.1) is 4.57 Å². The summed E-state index contributed by atoms with van der Waals surface area (Å²) in [5.74, 6) is 0.799. The van der Waals surface area contributed by atoms with Gasteiger partial charge in [0, 0.05) is 18.6 Å². The van der Waals surface area contributed by atoms with Gasteiger partial charge in [-0.05, 0) is 6.42 Å². The van der Waals surface area contributed by atoms with Crippen LogP contribution in [-0.2, 0) is 6.42 Å². The van der Waals surface area contributed by atoms with Crippen molar-refractivity contribution in [1.29, 1.82) is 0 Å². The maximum absolute atomic E-state index is 12.0. The molecule has 2 aromatic heterocycles. The van der Waals surface area contributed by atoms with Crippen LogP contribution < -0.4 is 4.57 Å². The molecule has 0 atom stereocenters. The van der Waals surface area contributed by atoms with Crippen molar-refractivity contribution in [1.82, 2.24) is 9.97 Å². The van der Waals surface area contributed by atoms with E-state index in [2.05, 4.69) is 16.9 Å². The molecule has 0 bridgehead atoms. The molecule has 2 rings (SSSR count). The summed E-state index contributed by atoms with van der Waals surface area (Å²) in [7, 11) is 0. The molecular formula is C13H16N3O+. The lowest BCUT2D eigenvalue weighted by molar-refractivity contribution is -0.570. The number of H-pyrrole nitrogens is 1. The number of unbranched alkanes of at least 4 members (excludes halogenated alkanes) is 1. The first kappa shape index (κ1) is 11.5. The Morgan fingerprint density at radius 2 is 2.12 bits per heavy atom. The highest BCUT2D eigenvalue weighted by Crippen LogP contribution is 2.01. The van der Waals surface area contributed by atoms with Crippen molar-refractivity contribution in [3.63, 3.8) is 0 Å². The molecule has 4 nitrogen and oxygen atoms in total. The van der Waals surface area contributed by atoms with E-state index in [0.717, 1.165) is 25.1 Å². The monoisotopic (exact) mass is 230 g/mol. The van der Waals surface area contributed by atoms with Crippen molar-refractivity contribution in [2.75, 3.05) is 0 Å². The predicted molar refractivity (Wildman–Crippen MR) is 63.6 cm³/mol. The van der Waals surface area contributed by atoms with Crippen LogP contribution in [0.25, 0.3) is 0 Å². The normalized spacial score (nSPS) is 10.4. The summed E-state index contributed by atoms with van der Waals surface area (Å²) < 4.78 is 1.54. The second-order valence-corrected chi connectivity index (χ2v) is 3.94. The van der Waals surface area contributed by atoms with Crippen LogP contribution in [0.5, 0.6) is 0 Å². The van der Waals surface area contributed by atoms with Gasteiger partial charge in [0.2, 0.25) is 0 Å². The molecule has 2 aromatic rings. The van der Waals surface area contributed by atoms with Gasteiger partial charge in [-0.3, -0.25) is 0 Å². The third kappa shape index (κ3) is 2.78. The molecule has 0 aromatic carbocycles. The number of nitrogens with one attached hydrogen (secondary N) is 1. The molecule has 0 aliphatic rings. The summed E-state index contributed by atoms with van der Waals surface area (Å²) in [6.45, 7) is 2.13. The SMILES string of the molecule is CCCCc1ncc(C(=O)[n+]2ccccc2)[nH]1. The molecule has 0 fully saturated rings. The van der Waals surface area contributed by atoms with Crippen LogP contribution in [0.3, 0.4) is 0 Å². The fourth-order valence-electron chi connectivity index (χ4n) is 1.62. The number of hydrogen-bond donors (Lipinski definition) is 1. The largest absolute Gasteiger partial charge is 0.442 e. The number of nitrogens with zero attached hydrogens (tertiary/aromatic N) is 2. The van der Waals surface area contributed by atoms with Crippen LogP contribution >= 0.6 is 0 Å². The van der Waals surface area contributed by atoms with Gasteiger partial charge < -0.3 is 4.98 Å². The van der Waals surface area contributed by atoms with Gasteiger partial charge in [-0.25, -0.2) is 9.78 Å². The highest BCUT2D eigenvalue weighted by molar-refractivity contribution is 5.84. The quantitative estimate of drug-likeness (QED) is 0.813. The first-order valence-corrected chi connectivity index (χ1v) is 5.86. The minimum atomic E-state index is -0.0825. The number of rotatable bonds is 4. The standard InChI is InChI=1S/C13H15N3O/c1-2-3-7-12-14-10-11(15-12)13(17)16-8-5-4-6-9-16/h4-6,8-10H,2-3,7H2,1H3/p+1. The third-order valence-corrected chi connectivity index (χ3v) is 2.58. The van der Waals surface area contributed by atoms with Crippen LogP contribution in [0.15, 0.2) is 36.8 Å². The van der Waals surface area contributed by atoms with E-state index >= 15 is 0 Å². The molecule has 1 N–H and O–H groups in total. The summed E-state index contributed by atoms with van der Waals surface area (Å²) in [5.41, 5.74) is 0.535. The number of carbonyl (C=O) groups is 1. The van der Waals surface area contributed by atoms with E-state index in [-0.39, 0.29) is 5.91 Å². The average Bonchev–Trinajstić information content (AvgIpc) is 2.85. The second kappa shape index (κ2) is 5.39. The van der Waals surface area contributed by atoms with E-state index < -0.39 is 0 Å². The first-order chi connectivity index (χ1) is 8.31. The Kier molecular flexibility index (Phi) is 3.65. The van der Waals surface area contributed by atoms with Crippen molar-refractivity contribution < 1.29 is 9.36 Å². The molecule has 0 aliphatic carbocycles. The van der Waals surface area contributed by atoms with E-state index in [1.165, 1.54) is 4.57 Å². The lowest BCUT2D eigenvalue weighted by Crippen LogP contribution is -2.42. The Labute approximate surface area is 100 Å². The zero-order valence-electron chi connectivity index (χ0n) is 9.89. The summed E-state index contributed by atoms with van der Waals surface area (Å²) in [6, 6.07) is 5.53. The van der Waals surface area contributed by atoms with Crippen LogP contribution in [0.2, 0.25) is 0 Å². The first-order valence-electron chi connectivity index (χ1n) is 5.86. The van der Waals surface area contributed by atoms with Gasteiger partial charge in [0.1, 0.15) is 5.82 Å². The molecule has 0 aliphatic heterocycles. The van der Waals surface area contributed by atoms with Gasteiger partial charge in [0.15, 0.2) is 18.1 Å². The van der Waals surface area contributed by atoms with E-state index in [1.807, 2.05) is 18.2 Å². The fourth-order valence-corrected chi connectivity index (χ4v) is 1.62. The second-order valence-electron chi connectivity index (χ2n) is 3.94. The smallest absolute Gasteiger partial charge is 0.334 e. The van der Waals surface area contributed by atoms with E-state index in [9.17, 15) is 4.79 Å². The number of aryl methyl sites for hydroxylation is 1. The molecule has 0 saturated carbocycles. The Bertz CT molecular complexity index is 490. The minimum Gasteiger partial charge on any atom is -0.334 e. The van der Waals surface area contributed by atoms with E-state index in [1.54, 1.807) is 18.6 Å². The molecule has 0 amide bonds. The number of aromatic nitrogens is 3. The highest BCUT2D eigenvalue weighted by atomic mass is 16.2. The number of carbonyl (C=O) groups excluding carboxylic acids is 1. The minimum absolute atomic E-state index is 0.0825. The van der Waals surface area contributed by atoms with Crippen molar-refractivity contribution in [3.05, 3.63) is 48.3 Å². The molecule has 0 radical (unpaired) electrons. The Morgan fingerprint density at radius 3 is 2.82 bits per heavy atom. The Balaban J connectivity index is 2.12. The summed E-state index contributed by atoms with van der Waals surface area (Å²) >= 11 is 0. The predicted octanol–water partition coefficient (Wildman–Crippen LogP) is 1.73. The van der Waals surface area contributed by atoms with Crippen molar-refractivity contribution in [2.45, 2.75) is 26.2 Å². The van der Waals surface area contributed by atoms with Crippen molar-refractivity contribution >= 4 is 5.91 Å². The molecule has 0 saturated heterocycles. The topological polar surface area (TPSA) is 49.6 Å². The molecule has 0 spiro atoms. The van der Waals surface area contributed by atoms with Crippen LogP contribution in [-0.4, -0.2) is 15.9 Å². The van der Waals surface area contributed by atoms with Gasteiger partial charge in [-0.2, -0.15) is 0 Å². The zero-order valence-corrected chi connectivity index (χ0v) is 9.89.